The first-order chi connectivity index (χ1) is 11.6. The fraction of sp³-hybridized carbons (Fsp3) is 0.529. The van der Waals surface area contributed by atoms with Crippen LogP contribution in [0.2, 0.25) is 0 Å². The molecule has 2 amide bonds. The largest absolute Gasteiger partial charge is 0.497 e. The van der Waals surface area contributed by atoms with Crippen molar-refractivity contribution >= 4 is 23.4 Å². The highest BCUT2D eigenvalue weighted by Gasteiger charge is 2.25. The molecule has 1 fully saturated rings. The van der Waals surface area contributed by atoms with Crippen LogP contribution in [0, 0.1) is 0 Å². The van der Waals surface area contributed by atoms with E-state index in [2.05, 4.69) is 5.32 Å². The zero-order chi connectivity index (χ0) is 17.5. The maximum atomic E-state index is 12.7. The second kappa shape index (κ2) is 8.78. The van der Waals surface area contributed by atoms with Crippen molar-refractivity contribution < 1.29 is 19.1 Å². The van der Waals surface area contributed by atoms with Crippen molar-refractivity contribution in [1.82, 2.24) is 10.2 Å². The van der Waals surface area contributed by atoms with Gasteiger partial charge >= 0.3 is 0 Å². The normalized spacial score (nSPS) is 15.0. The second-order valence-electron chi connectivity index (χ2n) is 5.67. The molecule has 0 saturated carbocycles. The molecule has 0 aromatic heterocycles. The summed E-state index contributed by atoms with van der Waals surface area (Å²) in [6, 6.07) is 5.25. The molecule has 1 saturated heterocycles. The molecular formula is C17H23ClN2O4. The molecule has 0 spiro atoms. The highest BCUT2D eigenvalue weighted by Crippen LogP contribution is 2.24. The molecule has 132 valence electrons. The first kappa shape index (κ1) is 18.4. The Bertz CT molecular complexity index is 564. The van der Waals surface area contributed by atoms with Crippen molar-refractivity contribution in [1.29, 1.82) is 0 Å². The number of nitrogens with one attached hydrogen (secondary N) is 1. The molecule has 1 aromatic rings. The van der Waals surface area contributed by atoms with E-state index >= 15 is 0 Å². The molecule has 1 N–H and O–H groups in total. The van der Waals surface area contributed by atoms with Gasteiger partial charge in [0.25, 0.3) is 5.91 Å². The first-order valence-electron chi connectivity index (χ1n) is 7.95. The maximum Gasteiger partial charge on any atom is 0.254 e. The van der Waals surface area contributed by atoms with Gasteiger partial charge in [-0.2, -0.15) is 0 Å². The lowest BCUT2D eigenvalue weighted by atomic mass is 10.0. The molecule has 1 heterocycles. The number of carbonyl (C=O) groups is 2. The van der Waals surface area contributed by atoms with Crippen molar-refractivity contribution in [3.8, 4) is 11.5 Å². The zero-order valence-electron chi connectivity index (χ0n) is 14.0. The highest BCUT2D eigenvalue weighted by atomic mass is 35.5. The summed E-state index contributed by atoms with van der Waals surface area (Å²) in [5, 5.41) is 2.95. The third kappa shape index (κ3) is 4.77. The number of carbonyl (C=O) groups excluding carboxylic acids is 2. The average Bonchev–Trinajstić information content (AvgIpc) is 2.61. The van der Waals surface area contributed by atoms with Gasteiger partial charge in [0.15, 0.2) is 0 Å². The number of ether oxygens (including phenoxy) is 2. The Morgan fingerprint density at radius 1 is 1.17 bits per heavy atom. The standard InChI is InChI=1S/C17H23ClN2O4/c1-23-14-9-12(10-15(11-14)24-2)17(22)20-7-4-13(5-8-20)19-16(21)3-6-18/h9-11,13H,3-8H2,1-2H3,(H,19,21). The van der Waals surface area contributed by atoms with Crippen molar-refractivity contribution in [2.24, 2.45) is 0 Å². The number of nitrogens with zero attached hydrogens (tertiary/aromatic N) is 1. The van der Waals surface area contributed by atoms with E-state index in [0.29, 0.717) is 42.5 Å². The SMILES string of the molecule is COc1cc(OC)cc(C(=O)N2CCC(NC(=O)CCCl)CC2)c1. The number of rotatable bonds is 6. The number of piperidine rings is 1. The maximum absolute atomic E-state index is 12.7. The van der Waals surface area contributed by atoms with Crippen LogP contribution in [0.15, 0.2) is 18.2 Å². The molecule has 7 heteroatoms. The van der Waals surface area contributed by atoms with E-state index in [1.807, 2.05) is 0 Å². The van der Waals surface area contributed by atoms with Crippen molar-refractivity contribution in [3.63, 3.8) is 0 Å². The van der Waals surface area contributed by atoms with Crippen molar-refractivity contribution in [2.45, 2.75) is 25.3 Å². The molecule has 1 aliphatic rings. The van der Waals surface area contributed by atoms with Gasteiger partial charge < -0.3 is 19.7 Å². The van der Waals surface area contributed by atoms with E-state index < -0.39 is 0 Å². The van der Waals surface area contributed by atoms with Gasteiger partial charge in [-0.3, -0.25) is 9.59 Å². The molecular weight excluding hydrogens is 332 g/mol. The van der Waals surface area contributed by atoms with Gasteiger partial charge in [-0.25, -0.2) is 0 Å². The fourth-order valence-electron chi connectivity index (χ4n) is 2.73. The van der Waals surface area contributed by atoms with Gasteiger partial charge in [-0.05, 0) is 25.0 Å². The molecule has 0 unspecified atom stereocenters. The minimum Gasteiger partial charge on any atom is -0.497 e. The lowest BCUT2D eigenvalue weighted by Gasteiger charge is -2.32. The predicted molar refractivity (Wildman–Crippen MR) is 92.0 cm³/mol. The van der Waals surface area contributed by atoms with E-state index in [1.54, 1.807) is 37.3 Å². The number of methoxy groups -OCH3 is 2. The average molecular weight is 355 g/mol. The number of likely N-dealkylation sites (tertiary alicyclic amines) is 1. The summed E-state index contributed by atoms with van der Waals surface area (Å²) in [6.07, 6.45) is 1.80. The Hall–Kier alpha value is -1.95. The summed E-state index contributed by atoms with van der Waals surface area (Å²) in [4.78, 5) is 26.1. The van der Waals surface area contributed by atoms with Crippen molar-refractivity contribution in [2.75, 3.05) is 33.2 Å². The summed E-state index contributed by atoms with van der Waals surface area (Å²) in [6.45, 7) is 1.20. The number of hydrogen-bond acceptors (Lipinski definition) is 4. The Kier molecular flexibility index (Phi) is 6.73. The molecule has 6 nitrogen and oxygen atoms in total. The van der Waals surface area contributed by atoms with E-state index in [0.717, 1.165) is 12.8 Å². The number of alkyl halides is 1. The molecule has 0 radical (unpaired) electrons. The van der Waals surface area contributed by atoms with Gasteiger partial charge in [0.1, 0.15) is 11.5 Å². The van der Waals surface area contributed by atoms with Crippen molar-refractivity contribution in [3.05, 3.63) is 23.8 Å². The van der Waals surface area contributed by atoms with Gasteiger partial charge in [0, 0.05) is 43.1 Å². The number of benzene rings is 1. The van der Waals surface area contributed by atoms with Gasteiger partial charge in [0.05, 0.1) is 14.2 Å². The number of hydrogen-bond donors (Lipinski definition) is 1. The highest BCUT2D eigenvalue weighted by molar-refractivity contribution is 6.18. The molecule has 1 aliphatic heterocycles. The van der Waals surface area contributed by atoms with Crippen LogP contribution in [0.4, 0.5) is 0 Å². The third-order valence-corrected chi connectivity index (χ3v) is 4.26. The Balaban J connectivity index is 1.96. The second-order valence-corrected chi connectivity index (χ2v) is 6.05. The lowest BCUT2D eigenvalue weighted by molar-refractivity contribution is -0.121. The molecule has 24 heavy (non-hydrogen) atoms. The van der Waals surface area contributed by atoms with Gasteiger partial charge in [-0.15, -0.1) is 11.6 Å². The van der Waals surface area contributed by atoms with Crippen LogP contribution in [0.1, 0.15) is 29.6 Å². The van der Waals surface area contributed by atoms with Crippen LogP contribution in [0.5, 0.6) is 11.5 Å². The summed E-state index contributed by atoms with van der Waals surface area (Å²) in [5.74, 6) is 1.40. The van der Waals surface area contributed by atoms with Gasteiger partial charge in [0.2, 0.25) is 5.91 Å². The van der Waals surface area contributed by atoms with Crippen LogP contribution in [-0.2, 0) is 4.79 Å². The zero-order valence-corrected chi connectivity index (χ0v) is 14.8. The molecule has 2 rings (SSSR count). The van der Waals surface area contributed by atoms with Crippen LogP contribution >= 0.6 is 11.6 Å². The first-order valence-corrected chi connectivity index (χ1v) is 8.48. The van der Waals surface area contributed by atoms with E-state index in [-0.39, 0.29) is 17.9 Å². The molecule has 0 aliphatic carbocycles. The van der Waals surface area contributed by atoms with Crippen LogP contribution in [0.3, 0.4) is 0 Å². The summed E-state index contributed by atoms with van der Waals surface area (Å²) < 4.78 is 10.4. The van der Waals surface area contributed by atoms with Crippen LogP contribution in [-0.4, -0.2) is 55.9 Å². The fourth-order valence-corrected chi connectivity index (χ4v) is 2.90. The smallest absolute Gasteiger partial charge is 0.254 e. The third-order valence-electron chi connectivity index (χ3n) is 4.07. The summed E-state index contributed by atoms with van der Waals surface area (Å²) >= 11 is 5.56. The molecule has 0 bridgehead atoms. The molecule has 1 aromatic carbocycles. The Morgan fingerprint density at radius 2 is 1.75 bits per heavy atom. The monoisotopic (exact) mass is 354 g/mol. The van der Waals surface area contributed by atoms with E-state index in [4.69, 9.17) is 21.1 Å². The van der Waals surface area contributed by atoms with Crippen LogP contribution < -0.4 is 14.8 Å². The van der Waals surface area contributed by atoms with E-state index in [1.165, 1.54) is 0 Å². The number of amides is 2. The Labute approximate surface area is 147 Å². The Morgan fingerprint density at radius 3 is 2.25 bits per heavy atom. The van der Waals surface area contributed by atoms with Crippen LogP contribution in [0.25, 0.3) is 0 Å². The predicted octanol–water partition coefficient (Wildman–Crippen LogP) is 2.05. The minimum absolute atomic E-state index is 0.0349. The summed E-state index contributed by atoms with van der Waals surface area (Å²) in [7, 11) is 3.11. The molecule has 0 atom stereocenters. The quantitative estimate of drug-likeness (QED) is 0.794. The van der Waals surface area contributed by atoms with E-state index in [9.17, 15) is 9.59 Å². The van der Waals surface area contributed by atoms with Gasteiger partial charge in [-0.1, -0.05) is 0 Å². The number of halogens is 1. The lowest BCUT2D eigenvalue weighted by Crippen LogP contribution is -2.46. The summed E-state index contributed by atoms with van der Waals surface area (Å²) in [5.41, 5.74) is 0.538. The topological polar surface area (TPSA) is 67.9 Å². The minimum atomic E-state index is -0.0577.